The summed E-state index contributed by atoms with van der Waals surface area (Å²) in [5.74, 6) is -0.667. The number of hydrogen-bond donors (Lipinski definition) is 1. The molecule has 0 atom stereocenters. The van der Waals surface area contributed by atoms with Crippen LogP contribution in [0.2, 0.25) is 0 Å². The number of rotatable bonds is 3. The second kappa shape index (κ2) is 5.21. The van der Waals surface area contributed by atoms with E-state index >= 15 is 0 Å². The van der Waals surface area contributed by atoms with Crippen LogP contribution in [0, 0.1) is 11.3 Å². The van der Waals surface area contributed by atoms with Crippen LogP contribution >= 0.6 is 0 Å². The van der Waals surface area contributed by atoms with Gasteiger partial charge in [0.05, 0.1) is 31.0 Å². The molecular weight excluding hydrogens is 232 g/mol. The van der Waals surface area contributed by atoms with Crippen LogP contribution in [0.25, 0.3) is 0 Å². The van der Waals surface area contributed by atoms with Gasteiger partial charge in [-0.25, -0.2) is 8.78 Å². The van der Waals surface area contributed by atoms with Crippen molar-refractivity contribution >= 4 is 11.7 Å². The van der Waals surface area contributed by atoms with E-state index in [1.165, 1.54) is 0 Å². The average Bonchev–Trinajstić information content (AvgIpc) is 2.30. The number of nitrogens with two attached hydrogens (primary N) is 1. The maximum atomic E-state index is 12.6. The first-order chi connectivity index (χ1) is 8.01. The molecule has 5 nitrogen and oxygen atoms in total. The van der Waals surface area contributed by atoms with E-state index in [-0.39, 0.29) is 23.2 Å². The van der Waals surface area contributed by atoms with Crippen molar-refractivity contribution in [1.29, 1.82) is 5.26 Å². The Balaban J connectivity index is 3.32. The molecule has 0 aromatic carbocycles. The molecule has 0 bridgehead atoms. The number of carbonyl (C=O) groups is 1. The lowest BCUT2D eigenvalue weighted by Crippen LogP contribution is -2.11. The number of alkyl halides is 2. The third kappa shape index (κ3) is 2.66. The summed E-state index contributed by atoms with van der Waals surface area (Å²) in [5.41, 5.74) is 4.48. The van der Waals surface area contributed by atoms with Crippen LogP contribution in [0.4, 0.5) is 14.5 Å². The lowest BCUT2D eigenvalue weighted by Gasteiger charge is -2.09. The first kappa shape index (κ1) is 12.8. The predicted octanol–water partition coefficient (Wildman–Crippen LogP) is 1.19. The molecule has 7 heteroatoms. The highest BCUT2D eigenvalue weighted by atomic mass is 19.3. The molecular formula is C10H9F2N3O2. The highest BCUT2D eigenvalue weighted by molar-refractivity contribution is 5.76. The van der Waals surface area contributed by atoms with Crippen molar-refractivity contribution < 1.29 is 18.3 Å². The third-order valence-corrected chi connectivity index (χ3v) is 2.12. The van der Waals surface area contributed by atoms with E-state index in [0.29, 0.717) is 0 Å². The number of methoxy groups -OCH3 is 1. The largest absolute Gasteiger partial charge is 0.469 e. The standard InChI is InChI=1S/C10H9F2N3O2/c1-17-8(16)2-5-6(3-13)9(10(11)12)15-4-7(5)14/h4,10H,2,14H2,1H3. The van der Waals surface area contributed by atoms with Gasteiger partial charge in [0.15, 0.2) is 0 Å². The molecule has 0 unspecified atom stereocenters. The van der Waals surface area contributed by atoms with Gasteiger partial charge in [-0.1, -0.05) is 0 Å². The van der Waals surface area contributed by atoms with Gasteiger partial charge in [-0.2, -0.15) is 5.26 Å². The van der Waals surface area contributed by atoms with Crippen LogP contribution in [0.3, 0.4) is 0 Å². The van der Waals surface area contributed by atoms with Gasteiger partial charge in [0.1, 0.15) is 11.8 Å². The fraction of sp³-hybridized carbons (Fsp3) is 0.300. The summed E-state index contributed by atoms with van der Waals surface area (Å²) in [6.45, 7) is 0. The minimum Gasteiger partial charge on any atom is -0.469 e. The molecule has 17 heavy (non-hydrogen) atoms. The number of aromatic nitrogens is 1. The normalized spacial score (nSPS) is 10.1. The van der Waals surface area contributed by atoms with E-state index in [1.54, 1.807) is 6.07 Å². The molecule has 2 N–H and O–H groups in total. The van der Waals surface area contributed by atoms with Gasteiger partial charge in [0.2, 0.25) is 0 Å². The van der Waals surface area contributed by atoms with Crippen molar-refractivity contribution in [3.8, 4) is 6.07 Å². The number of ether oxygens (including phenoxy) is 1. The SMILES string of the molecule is COC(=O)Cc1c(N)cnc(C(F)F)c1C#N. The number of halogens is 2. The zero-order valence-electron chi connectivity index (χ0n) is 8.91. The Kier molecular flexibility index (Phi) is 3.93. The van der Waals surface area contributed by atoms with Gasteiger partial charge in [-0.3, -0.25) is 9.78 Å². The van der Waals surface area contributed by atoms with Crippen molar-refractivity contribution in [2.24, 2.45) is 0 Å². The molecule has 90 valence electrons. The van der Waals surface area contributed by atoms with Crippen molar-refractivity contribution in [3.63, 3.8) is 0 Å². The van der Waals surface area contributed by atoms with Crippen LogP contribution in [-0.2, 0) is 16.0 Å². The van der Waals surface area contributed by atoms with Gasteiger partial charge in [0.25, 0.3) is 6.43 Å². The molecule has 1 heterocycles. The van der Waals surface area contributed by atoms with Gasteiger partial charge in [-0.05, 0) is 0 Å². The van der Waals surface area contributed by atoms with Crippen LogP contribution in [0.5, 0.6) is 0 Å². The lowest BCUT2D eigenvalue weighted by atomic mass is 10.0. The Hall–Kier alpha value is -2.23. The van der Waals surface area contributed by atoms with Crippen LogP contribution < -0.4 is 5.73 Å². The van der Waals surface area contributed by atoms with Crippen molar-refractivity contribution in [2.45, 2.75) is 12.8 Å². The van der Waals surface area contributed by atoms with Gasteiger partial charge >= 0.3 is 5.97 Å². The quantitative estimate of drug-likeness (QED) is 0.803. The molecule has 1 rings (SSSR count). The third-order valence-electron chi connectivity index (χ3n) is 2.12. The number of anilines is 1. The summed E-state index contributed by atoms with van der Waals surface area (Å²) in [6.07, 6.45) is -2.24. The first-order valence-electron chi connectivity index (χ1n) is 4.53. The summed E-state index contributed by atoms with van der Waals surface area (Å²) >= 11 is 0. The number of hydrogen-bond acceptors (Lipinski definition) is 5. The number of nitriles is 1. The fourth-order valence-electron chi connectivity index (χ4n) is 1.28. The zero-order chi connectivity index (χ0) is 13.0. The maximum absolute atomic E-state index is 12.6. The van der Waals surface area contributed by atoms with Gasteiger partial charge < -0.3 is 10.5 Å². The van der Waals surface area contributed by atoms with E-state index < -0.39 is 18.1 Å². The minimum absolute atomic E-state index is 0.0105. The van der Waals surface area contributed by atoms with Crippen molar-refractivity contribution in [1.82, 2.24) is 4.98 Å². The number of pyridine rings is 1. The minimum atomic E-state index is -2.90. The van der Waals surface area contributed by atoms with Gasteiger partial charge in [0, 0.05) is 5.56 Å². The second-order valence-corrected chi connectivity index (χ2v) is 3.12. The molecule has 0 saturated carbocycles. The molecule has 0 aliphatic heterocycles. The summed E-state index contributed by atoms with van der Waals surface area (Å²) in [7, 11) is 1.15. The van der Waals surface area contributed by atoms with E-state index in [4.69, 9.17) is 11.0 Å². The number of esters is 1. The fourth-order valence-corrected chi connectivity index (χ4v) is 1.28. The van der Waals surface area contributed by atoms with Crippen molar-refractivity contribution in [2.75, 3.05) is 12.8 Å². The molecule has 1 aromatic rings. The molecule has 0 aliphatic carbocycles. The molecule has 0 radical (unpaired) electrons. The Morgan fingerprint density at radius 2 is 2.35 bits per heavy atom. The highest BCUT2D eigenvalue weighted by Crippen LogP contribution is 2.26. The summed E-state index contributed by atoms with van der Waals surface area (Å²) in [5, 5.41) is 8.83. The summed E-state index contributed by atoms with van der Waals surface area (Å²) in [4.78, 5) is 14.5. The summed E-state index contributed by atoms with van der Waals surface area (Å²) in [6, 6.07) is 1.59. The number of nitrogen functional groups attached to an aromatic ring is 1. The van der Waals surface area contributed by atoms with Crippen molar-refractivity contribution in [3.05, 3.63) is 23.0 Å². The molecule has 0 amide bonds. The van der Waals surface area contributed by atoms with E-state index in [1.807, 2.05) is 0 Å². The van der Waals surface area contributed by atoms with E-state index in [0.717, 1.165) is 13.3 Å². The summed E-state index contributed by atoms with van der Waals surface area (Å²) < 4.78 is 29.5. The Morgan fingerprint density at radius 1 is 1.71 bits per heavy atom. The van der Waals surface area contributed by atoms with Crippen LogP contribution in [0.15, 0.2) is 6.20 Å². The Labute approximate surface area is 95.8 Å². The zero-order valence-corrected chi connectivity index (χ0v) is 8.91. The molecule has 1 aromatic heterocycles. The van der Waals surface area contributed by atoms with Crippen LogP contribution in [0.1, 0.15) is 23.2 Å². The maximum Gasteiger partial charge on any atom is 0.310 e. The monoisotopic (exact) mass is 241 g/mol. The number of carbonyl (C=O) groups excluding carboxylic acids is 1. The van der Waals surface area contributed by atoms with E-state index in [9.17, 15) is 13.6 Å². The Bertz CT molecular complexity index is 483. The number of nitrogens with zero attached hydrogens (tertiary/aromatic N) is 2. The molecule has 0 saturated heterocycles. The average molecular weight is 241 g/mol. The topological polar surface area (TPSA) is 89.0 Å². The van der Waals surface area contributed by atoms with Gasteiger partial charge in [-0.15, -0.1) is 0 Å². The predicted molar refractivity (Wildman–Crippen MR) is 54.0 cm³/mol. The highest BCUT2D eigenvalue weighted by Gasteiger charge is 2.21. The lowest BCUT2D eigenvalue weighted by molar-refractivity contribution is -0.139. The molecule has 0 fully saturated rings. The smallest absolute Gasteiger partial charge is 0.310 e. The first-order valence-corrected chi connectivity index (χ1v) is 4.53. The molecule has 0 aliphatic rings. The molecule has 0 spiro atoms. The van der Waals surface area contributed by atoms with E-state index in [2.05, 4.69) is 9.72 Å². The Morgan fingerprint density at radius 3 is 2.82 bits per heavy atom. The second-order valence-electron chi connectivity index (χ2n) is 3.12. The van der Waals surface area contributed by atoms with Crippen LogP contribution in [-0.4, -0.2) is 18.1 Å².